The van der Waals surface area contributed by atoms with Crippen molar-refractivity contribution in [1.29, 1.82) is 0 Å². The largest absolute Gasteiger partial charge is 0.451 e. The Balaban J connectivity index is 1.80. The fraction of sp³-hybridized carbons (Fsp3) is 0. The van der Waals surface area contributed by atoms with Crippen LogP contribution < -0.4 is 5.32 Å². The number of furan rings is 1. The van der Waals surface area contributed by atoms with Gasteiger partial charge in [-0.05, 0) is 48.5 Å². The summed E-state index contributed by atoms with van der Waals surface area (Å²) in [6.45, 7) is 0. The number of para-hydroxylation sites is 1. The van der Waals surface area contributed by atoms with Crippen molar-refractivity contribution in [3.05, 3.63) is 76.5 Å². The second kappa shape index (κ2) is 6.26. The van der Waals surface area contributed by atoms with E-state index in [0.29, 0.717) is 21.5 Å². The van der Waals surface area contributed by atoms with Crippen molar-refractivity contribution in [2.45, 2.75) is 0 Å². The highest BCUT2D eigenvalue weighted by molar-refractivity contribution is 6.33. The normalized spacial score (nSPS) is 10.5. The molecule has 3 nitrogen and oxygen atoms in total. The van der Waals surface area contributed by atoms with Gasteiger partial charge in [-0.2, -0.15) is 0 Å². The van der Waals surface area contributed by atoms with Crippen LogP contribution in [-0.2, 0) is 0 Å². The molecule has 22 heavy (non-hydrogen) atoms. The molecule has 0 saturated carbocycles. The summed E-state index contributed by atoms with van der Waals surface area (Å²) in [5.41, 5.74) is 1.39. The molecular formula is C17H11Cl2NO2. The van der Waals surface area contributed by atoms with Crippen LogP contribution in [0, 0.1) is 0 Å². The Labute approximate surface area is 137 Å². The van der Waals surface area contributed by atoms with Crippen molar-refractivity contribution in [2.24, 2.45) is 0 Å². The molecule has 0 spiro atoms. The van der Waals surface area contributed by atoms with Crippen molar-refractivity contribution >= 4 is 34.8 Å². The van der Waals surface area contributed by atoms with Crippen molar-refractivity contribution in [3.8, 4) is 11.3 Å². The van der Waals surface area contributed by atoms with Gasteiger partial charge >= 0.3 is 0 Å². The van der Waals surface area contributed by atoms with Gasteiger partial charge in [-0.25, -0.2) is 0 Å². The molecule has 0 radical (unpaired) electrons. The van der Waals surface area contributed by atoms with Gasteiger partial charge in [0.1, 0.15) is 5.76 Å². The number of hydrogen-bond acceptors (Lipinski definition) is 2. The van der Waals surface area contributed by atoms with Crippen LogP contribution in [-0.4, -0.2) is 5.91 Å². The SMILES string of the molecule is O=C(Nc1ccccc1Cl)c1ccc(-c2ccc(Cl)cc2)o1. The molecule has 0 saturated heterocycles. The van der Waals surface area contributed by atoms with Crippen molar-refractivity contribution < 1.29 is 9.21 Å². The summed E-state index contributed by atoms with van der Waals surface area (Å²) in [6.07, 6.45) is 0. The highest BCUT2D eigenvalue weighted by atomic mass is 35.5. The molecule has 110 valence electrons. The predicted molar refractivity (Wildman–Crippen MR) is 88.6 cm³/mol. The second-order valence-corrected chi connectivity index (χ2v) is 5.45. The van der Waals surface area contributed by atoms with Gasteiger partial charge in [0.2, 0.25) is 0 Å². The topological polar surface area (TPSA) is 42.2 Å². The highest BCUT2D eigenvalue weighted by Crippen LogP contribution is 2.25. The van der Waals surface area contributed by atoms with Gasteiger partial charge in [-0.15, -0.1) is 0 Å². The summed E-state index contributed by atoms with van der Waals surface area (Å²) in [5.74, 6) is 0.458. The van der Waals surface area contributed by atoms with E-state index in [2.05, 4.69) is 5.32 Å². The summed E-state index contributed by atoms with van der Waals surface area (Å²) in [5, 5.41) is 3.83. The van der Waals surface area contributed by atoms with Crippen molar-refractivity contribution in [1.82, 2.24) is 0 Å². The first-order valence-corrected chi connectivity index (χ1v) is 7.31. The number of benzene rings is 2. The van der Waals surface area contributed by atoms with Crippen LogP contribution in [0.3, 0.4) is 0 Å². The van der Waals surface area contributed by atoms with E-state index in [1.165, 1.54) is 0 Å². The molecule has 0 aliphatic heterocycles. The van der Waals surface area contributed by atoms with E-state index in [9.17, 15) is 4.79 Å². The number of hydrogen-bond donors (Lipinski definition) is 1. The number of rotatable bonds is 3. The van der Waals surface area contributed by atoms with Crippen LogP contribution in [0.4, 0.5) is 5.69 Å². The molecule has 5 heteroatoms. The first kappa shape index (κ1) is 14.7. The molecule has 0 unspecified atom stereocenters. The Hall–Kier alpha value is -2.23. The minimum atomic E-state index is -0.353. The maximum absolute atomic E-state index is 12.2. The van der Waals surface area contributed by atoms with E-state index in [1.807, 2.05) is 12.1 Å². The van der Waals surface area contributed by atoms with Gasteiger partial charge in [0.15, 0.2) is 5.76 Å². The van der Waals surface area contributed by atoms with E-state index >= 15 is 0 Å². The first-order chi connectivity index (χ1) is 10.6. The van der Waals surface area contributed by atoms with Gasteiger partial charge in [-0.3, -0.25) is 4.79 Å². The van der Waals surface area contributed by atoms with Gasteiger partial charge in [0.05, 0.1) is 10.7 Å². The molecule has 2 aromatic carbocycles. The monoisotopic (exact) mass is 331 g/mol. The number of carbonyl (C=O) groups is 1. The number of nitrogens with one attached hydrogen (secondary N) is 1. The summed E-state index contributed by atoms with van der Waals surface area (Å²) >= 11 is 11.9. The summed E-state index contributed by atoms with van der Waals surface area (Å²) in [4.78, 5) is 12.2. The molecule has 0 atom stereocenters. The lowest BCUT2D eigenvalue weighted by Crippen LogP contribution is -2.11. The zero-order valence-corrected chi connectivity index (χ0v) is 12.9. The van der Waals surface area contributed by atoms with Crippen LogP contribution in [0.2, 0.25) is 10.0 Å². The zero-order chi connectivity index (χ0) is 15.5. The lowest BCUT2D eigenvalue weighted by molar-refractivity contribution is 0.0997. The average molecular weight is 332 g/mol. The molecular weight excluding hydrogens is 321 g/mol. The summed E-state index contributed by atoms with van der Waals surface area (Å²) in [6, 6.07) is 17.6. The van der Waals surface area contributed by atoms with E-state index in [4.69, 9.17) is 27.6 Å². The summed E-state index contributed by atoms with van der Waals surface area (Å²) in [7, 11) is 0. The Bertz CT molecular complexity index is 810. The molecule has 0 fully saturated rings. The molecule has 3 rings (SSSR count). The number of anilines is 1. The van der Waals surface area contributed by atoms with Gasteiger partial charge < -0.3 is 9.73 Å². The Morgan fingerprint density at radius 3 is 2.36 bits per heavy atom. The Kier molecular flexibility index (Phi) is 4.18. The molecule has 1 heterocycles. The van der Waals surface area contributed by atoms with Crippen molar-refractivity contribution in [3.63, 3.8) is 0 Å². The highest BCUT2D eigenvalue weighted by Gasteiger charge is 2.13. The summed E-state index contributed by atoms with van der Waals surface area (Å²) < 4.78 is 5.59. The third kappa shape index (κ3) is 3.16. The molecule has 3 aromatic rings. The number of halogens is 2. The van der Waals surface area contributed by atoms with E-state index in [0.717, 1.165) is 5.56 Å². The average Bonchev–Trinajstić information content (AvgIpc) is 3.00. The fourth-order valence-corrected chi connectivity index (χ4v) is 2.28. The third-order valence-electron chi connectivity index (χ3n) is 3.08. The second-order valence-electron chi connectivity index (χ2n) is 4.60. The van der Waals surface area contributed by atoms with Crippen LogP contribution >= 0.6 is 23.2 Å². The number of carbonyl (C=O) groups excluding carboxylic acids is 1. The van der Waals surface area contributed by atoms with Crippen LogP contribution in [0.25, 0.3) is 11.3 Å². The first-order valence-electron chi connectivity index (χ1n) is 6.55. The molecule has 0 bridgehead atoms. The van der Waals surface area contributed by atoms with E-state index < -0.39 is 0 Å². The zero-order valence-electron chi connectivity index (χ0n) is 11.3. The maximum atomic E-state index is 12.2. The minimum Gasteiger partial charge on any atom is -0.451 e. The smallest absolute Gasteiger partial charge is 0.291 e. The standard InChI is InChI=1S/C17H11Cl2NO2/c18-12-7-5-11(6-8-12)15-9-10-16(22-15)17(21)20-14-4-2-1-3-13(14)19/h1-10H,(H,20,21). The lowest BCUT2D eigenvalue weighted by atomic mass is 10.2. The van der Waals surface area contributed by atoms with Gasteiger partial charge in [0, 0.05) is 10.6 Å². The van der Waals surface area contributed by atoms with E-state index in [-0.39, 0.29) is 11.7 Å². The molecule has 1 N–H and O–H groups in total. The predicted octanol–water partition coefficient (Wildman–Crippen LogP) is 5.51. The Morgan fingerprint density at radius 2 is 1.64 bits per heavy atom. The molecule has 1 aromatic heterocycles. The minimum absolute atomic E-state index is 0.213. The van der Waals surface area contributed by atoms with Gasteiger partial charge in [-0.1, -0.05) is 35.3 Å². The van der Waals surface area contributed by atoms with Gasteiger partial charge in [0.25, 0.3) is 5.91 Å². The third-order valence-corrected chi connectivity index (χ3v) is 3.66. The molecule has 0 aliphatic rings. The Morgan fingerprint density at radius 1 is 0.909 bits per heavy atom. The van der Waals surface area contributed by atoms with Crippen LogP contribution in [0.15, 0.2) is 65.1 Å². The molecule has 1 amide bonds. The maximum Gasteiger partial charge on any atom is 0.291 e. The lowest BCUT2D eigenvalue weighted by Gasteiger charge is -2.04. The number of amides is 1. The van der Waals surface area contributed by atoms with E-state index in [1.54, 1.807) is 48.5 Å². The van der Waals surface area contributed by atoms with Crippen molar-refractivity contribution in [2.75, 3.05) is 5.32 Å². The fourth-order valence-electron chi connectivity index (χ4n) is 1.98. The van der Waals surface area contributed by atoms with Crippen LogP contribution in [0.1, 0.15) is 10.6 Å². The molecule has 0 aliphatic carbocycles. The van der Waals surface area contributed by atoms with Crippen LogP contribution in [0.5, 0.6) is 0 Å². The quantitative estimate of drug-likeness (QED) is 0.687.